The number of carbonyl (C=O) groups excluding carboxylic acids is 1. The first-order valence-corrected chi connectivity index (χ1v) is 5.95. The Morgan fingerprint density at radius 3 is 2.71 bits per heavy atom. The van der Waals surface area contributed by atoms with E-state index in [2.05, 4.69) is 18.8 Å². The smallest absolute Gasteiger partial charge is 0.253 e. The number of likely N-dealkylation sites (tertiary alicyclic amines) is 1. The van der Waals surface area contributed by atoms with Gasteiger partial charge in [0.2, 0.25) is 0 Å². The van der Waals surface area contributed by atoms with Crippen molar-refractivity contribution >= 4 is 5.91 Å². The molecule has 2 heterocycles. The molecule has 1 aliphatic heterocycles. The van der Waals surface area contributed by atoms with Crippen molar-refractivity contribution in [2.75, 3.05) is 13.1 Å². The Bertz CT molecular complexity index is 402. The van der Waals surface area contributed by atoms with Crippen LogP contribution in [0.2, 0.25) is 0 Å². The van der Waals surface area contributed by atoms with Crippen molar-refractivity contribution in [2.45, 2.75) is 26.3 Å². The van der Waals surface area contributed by atoms with Crippen molar-refractivity contribution in [1.29, 1.82) is 0 Å². The van der Waals surface area contributed by atoms with E-state index in [-0.39, 0.29) is 17.4 Å². The van der Waals surface area contributed by atoms with Gasteiger partial charge in [-0.15, -0.1) is 0 Å². The molecule has 1 unspecified atom stereocenters. The highest BCUT2D eigenvalue weighted by atomic mass is 16.2. The Hall–Kier alpha value is -1.42. The Morgan fingerprint density at radius 1 is 1.47 bits per heavy atom. The number of piperidine rings is 1. The maximum absolute atomic E-state index is 12.3. The van der Waals surface area contributed by atoms with Gasteiger partial charge in [-0.05, 0) is 24.0 Å². The number of hydrogen-bond acceptors (Lipinski definition) is 3. The van der Waals surface area contributed by atoms with Crippen LogP contribution >= 0.6 is 0 Å². The van der Waals surface area contributed by atoms with E-state index in [4.69, 9.17) is 5.73 Å². The van der Waals surface area contributed by atoms with Crippen molar-refractivity contribution in [3.63, 3.8) is 0 Å². The van der Waals surface area contributed by atoms with Crippen LogP contribution in [0.1, 0.15) is 30.6 Å². The van der Waals surface area contributed by atoms with Crippen molar-refractivity contribution in [2.24, 2.45) is 11.1 Å². The first-order valence-electron chi connectivity index (χ1n) is 5.95. The number of hydrogen-bond donors (Lipinski definition) is 1. The summed E-state index contributed by atoms with van der Waals surface area (Å²) in [5.74, 6) is 0.0763. The zero-order chi connectivity index (χ0) is 12.5. The lowest BCUT2D eigenvalue weighted by Gasteiger charge is -2.42. The van der Waals surface area contributed by atoms with Gasteiger partial charge in [0.05, 0.1) is 0 Å². The minimum absolute atomic E-state index is 0.0130. The van der Waals surface area contributed by atoms with E-state index in [1.165, 1.54) is 0 Å². The van der Waals surface area contributed by atoms with E-state index in [9.17, 15) is 4.79 Å². The average molecular weight is 233 g/mol. The van der Waals surface area contributed by atoms with Gasteiger partial charge in [0.25, 0.3) is 5.91 Å². The SMILES string of the molecule is CC1(C)CN(C(=O)c2ccncc2)CCC1N. The fourth-order valence-electron chi connectivity index (χ4n) is 2.22. The summed E-state index contributed by atoms with van der Waals surface area (Å²) < 4.78 is 0. The lowest BCUT2D eigenvalue weighted by atomic mass is 9.79. The molecular formula is C13H19N3O. The van der Waals surface area contributed by atoms with Gasteiger partial charge < -0.3 is 10.6 Å². The molecule has 1 aromatic heterocycles. The summed E-state index contributed by atoms with van der Waals surface area (Å²) in [5.41, 5.74) is 6.75. The lowest BCUT2D eigenvalue weighted by molar-refractivity contribution is 0.0533. The molecule has 1 aromatic rings. The molecule has 17 heavy (non-hydrogen) atoms. The number of rotatable bonds is 1. The summed E-state index contributed by atoms with van der Waals surface area (Å²) in [6.07, 6.45) is 4.16. The van der Waals surface area contributed by atoms with Gasteiger partial charge in [-0.3, -0.25) is 9.78 Å². The van der Waals surface area contributed by atoms with Crippen molar-refractivity contribution in [3.8, 4) is 0 Å². The number of aromatic nitrogens is 1. The van der Waals surface area contributed by atoms with Crippen LogP contribution in [0.15, 0.2) is 24.5 Å². The molecule has 0 radical (unpaired) electrons. The van der Waals surface area contributed by atoms with Gasteiger partial charge in [0.1, 0.15) is 0 Å². The second-order valence-electron chi connectivity index (χ2n) is 5.35. The summed E-state index contributed by atoms with van der Waals surface area (Å²) in [6.45, 7) is 5.69. The molecule has 1 atom stereocenters. The van der Waals surface area contributed by atoms with Crippen LogP contribution in [-0.4, -0.2) is 34.9 Å². The second kappa shape index (κ2) is 4.45. The highest BCUT2D eigenvalue weighted by molar-refractivity contribution is 5.94. The van der Waals surface area contributed by atoms with E-state index in [0.29, 0.717) is 5.56 Å². The third kappa shape index (κ3) is 2.47. The standard InChI is InChI=1S/C13H19N3O/c1-13(2)9-16(8-5-11(13)14)12(17)10-3-6-15-7-4-10/h3-4,6-7,11H,5,8-9,14H2,1-2H3. The first kappa shape index (κ1) is 12.0. The molecule has 2 N–H and O–H groups in total. The van der Waals surface area contributed by atoms with Crippen LogP contribution in [0.5, 0.6) is 0 Å². The van der Waals surface area contributed by atoms with Crippen LogP contribution in [0.4, 0.5) is 0 Å². The number of nitrogens with zero attached hydrogens (tertiary/aromatic N) is 2. The molecule has 0 spiro atoms. The van der Waals surface area contributed by atoms with Crippen molar-refractivity contribution < 1.29 is 4.79 Å². The topological polar surface area (TPSA) is 59.2 Å². The molecule has 1 amide bonds. The molecule has 1 aliphatic rings. The number of pyridine rings is 1. The molecule has 0 aromatic carbocycles. The molecule has 4 nitrogen and oxygen atoms in total. The quantitative estimate of drug-likeness (QED) is 0.795. The van der Waals surface area contributed by atoms with E-state index >= 15 is 0 Å². The normalized spacial score (nSPS) is 23.5. The molecule has 4 heteroatoms. The zero-order valence-electron chi connectivity index (χ0n) is 10.4. The lowest BCUT2D eigenvalue weighted by Crippen LogP contribution is -2.53. The second-order valence-corrected chi connectivity index (χ2v) is 5.35. The fourth-order valence-corrected chi connectivity index (χ4v) is 2.22. The van der Waals surface area contributed by atoms with Gasteiger partial charge in [-0.2, -0.15) is 0 Å². The minimum atomic E-state index is -0.0130. The van der Waals surface area contributed by atoms with Crippen molar-refractivity contribution in [1.82, 2.24) is 9.88 Å². The maximum Gasteiger partial charge on any atom is 0.253 e. The van der Waals surface area contributed by atoms with Crippen LogP contribution < -0.4 is 5.73 Å². The Morgan fingerprint density at radius 2 is 2.12 bits per heavy atom. The molecule has 1 fully saturated rings. The van der Waals surface area contributed by atoms with Gasteiger partial charge in [-0.1, -0.05) is 13.8 Å². The molecule has 2 rings (SSSR count). The molecule has 0 aliphatic carbocycles. The summed E-state index contributed by atoms with van der Waals surface area (Å²) in [6, 6.07) is 3.68. The number of nitrogens with two attached hydrogens (primary N) is 1. The maximum atomic E-state index is 12.3. The highest BCUT2D eigenvalue weighted by Gasteiger charge is 2.35. The molecular weight excluding hydrogens is 214 g/mol. The van der Waals surface area contributed by atoms with E-state index < -0.39 is 0 Å². The molecule has 0 bridgehead atoms. The van der Waals surface area contributed by atoms with Gasteiger partial charge in [0, 0.05) is 37.1 Å². The van der Waals surface area contributed by atoms with Crippen LogP contribution in [0, 0.1) is 5.41 Å². The Labute approximate surface area is 102 Å². The van der Waals surface area contributed by atoms with E-state index in [1.54, 1.807) is 24.5 Å². The van der Waals surface area contributed by atoms with E-state index in [0.717, 1.165) is 19.5 Å². The third-order valence-corrected chi connectivity index (χ3v) is 3.53. The molecule has 0 saturated carbocycles. The van der Waals surface area contributed by atoms with Crippen LogP contribution in [0.25, 0.3) is 0 Å². The Balaban J connectivity index is 2.12. The minimum Gasteiger partial charge on any atom is -0.338 e. The first-order chi connectivity index (χ1) is 8.00. The van der Waals surface area contributed by atoms with Crippen molar-refractivity contribution in [3.05, 3.63) is 30.1 Å². The third-order valence-electron chi connectivity index (χ3n) is 3.53. The van der Waals surface area contributed by atoms with Gasteiger partial charge in [0.15, 0.2) is 0 Å². The summed E-state index contributed by atoms with van der Waals surface area (Å²) in [4.78, 5) is 18.1. The summed E-state index contributed by atoms with van der Waals surface area (Å²) in [5, 5.41) is 0. The van der Waals surface area contributed by atoms with Crippen LogP contribution in [0.3, 0.4) is 0 Å². The predicted molar refractivity (Wildman–Crippen MR) is 66.5 cm³/mol. The highest BCUT2D eigenvalue weighted by Crippen LogP contribution is 2.28. The van der Waals surface area contributed by atoms with Gasteiger partial charge in [-0.25, -0.2) is 0 Å². The summed E-state index contributed by atoms with van der Waals surface area (Å²) >= 11 is 0. The zero-order valence-corrected chi connectivity index (χ0v) is 10.4. The fraction of sp³-hybridized carbons (Fsp3) is 0.538. The molecule has 92 valence electrons. The largest absolute Gasteiger partial charge is 0.338 e. The monoisotopic (exact) mass is 233 g/mol. The van der Waals surface area contributed by atoms with Gasteiger partial charge >= 0.3 is 0 Å². The number of carbonyl (C=O) groups is 1. The summed E-state index contributed by atoms with van der Waals surface area (Å²) in [7, 11) is 0. The van der Waals surface area contributed by atoms with Crippen LogP contribution in [-0.2, 0) is 0 Å². The average Bonchev–Trinajstić information content (AvgIpc) is 2.33. The van der Waals surface area contributed by atoms with E-state index in [1.807, 2.05) is 4.90 Å². The predicted octanol–water partition coefficient (Wildman–Crippen LogP) is 1.28. The Kier molecular flexibility index (Phi) is 3.15. The molecule has 1 saturated heterocycles. The number of amides is 1.